The van der Waals surface area contributed by atoms with Gasteiger partial charge in [-0.2, -0.15) is 0 Å². The van der Waals surface area contributed by atoms with E-state index in [1.54, 1.807) is 20.8 Å². The summed E-state index contributed by atoms with van der Waals surface area (Å²) >= 11 is 0. The highest BCUT2D eigenvalue weighted by molar-refractivity contribution is 6.23. The van der Waals surface area contributed by atoms with Gasteiger partial charge in [0.05, 0.1) is 11.1 Å². The van der Waals surface area contributed by atoms with E-state index in [0.29, 0.717) is 26.2 Å². The van der Waals surface area contributed by atoms with Crippen LogP contribution in [0.3, 0.4) is 0 Å². The molecule has 1 saturated heterocycles. The first-order valence-corrected chi connectivity index (χ1v) is 12.3. The van der Waals surface area contributed by atoms with Gasteiger partial charge in [0.25, 0.3) is 17.7 Å². The summed E-state index contributed by atoms with van der Waals surface area (Å²) in [6, 6.07) is 3.19. The smallest absolute Gasteiger partial charge is 0.407 e. The van der Waals surface area contributed by atoms with Crippen molar-refractivity contribution in [3.8, 4) is 5.75 Å². The van der Waals surface area contributed by atoms with Gasteiger partial charge in [0.15, 0.2) is 6.61 Å². The van der Waals surface area contributed by atoms with Gasteiger partial charge < -0.3 is 25.0 Å². The monoisotopic (exact) mass is 531 g/mol. The van der Waals surface area contributed by atoms with E-state index in [2.05, 4.69) is 16.0 Å². The lowest BCUT2D eigenvalue weighted by Gasteiger charge is -2.27. The average molecular weight is 532 g/mol. The van der Waals surface area contributed by atoms with Gasteiger partial charge in [-0.1, -0.05) is 0 Å². The first-order chi connectivity index (χ1) is 17.9. The molecule has 2 heterocycles. The molecule has 0 saturated carbocycles. The van der Waals surface area contributed by atoms with Crippen LogP contribution in [0.15, 0.2) is 18.2 Å². The van der Waals surface area contributed by atoms with E-state index < -0.39 is 41.4 Å². The number of alkyl carbamates (subject to hydrolysis) is 1. The molecule has 3 N–H and O–H groups in total. The quantitative estimate of drug-likeness (QED) is 0.354. The molecule has 2 aliphatic rings. The Morgan fingerprint density at radius 3 is 2.37 bits per heavy atom. The number of ether oxygens (including phenoxy) is 2. The molecule has 2 aliphatic heterocycles. The minimum Gasteiger partial charge on any atom is -0.484 e. The van der Waals surface area contributed by atoms with Crippen molar-refractivity contribution < 1.29 is 38.2 Å². The fourth-order valence-electron chi connectivity index (χ4n) is 3.90. The standard InChI is InChI=1S/C25H33N5O8/c1-25(2,3)38-24(36)27-10-12-29(4)11-9-26-20(32)14-37-15-5-6-16-17(13-15)23(35)30(22(16)34)18-7-8-19(31)28-21(18)33/h5-6,13,18H,7-12,14H2,1-4H3,(H,26,32)(H,27,36)(H,28,31,33). The normalized spacial score (nSPS) is 17.3. The molecule has 38 heavy (non-hydrogen) atoms. The number of rotatable bonds is 10. The van der Waals surface area contributed by atoms with Gasteiger partial charge in [-0.05, 0) is 52.4 Å². The number of piperidine rings is 1. The Balaban J connectivity index is 1.41. The summed E-state index contributed by atoms with van der Waals surface area (Å²) in [7, 11) is 1.85. The number of nitrogens with zero attached hydrogens (tertiary/aromatic N) is 2. The van der Waals surface area contributed by atoms with E-state index in [1.807, 2.05) is 11.9 Å². The summed E-state index contributed by atoms with van der Waals surface area (Å²) in [6.07, 6.45) is -0.390. The van der Waals surface area contributed by atoms with Crippen molar-refractivity contribution in [1.29, 1.82) is 0 Å². The lowest BCUT2D eigenvalue weighted by atomic mass is 10.0. The molecule has 0 bridgehead atoms. The largest absolute Gasteiger partial charge is 0.484 e. The SMILES string of the molecule is CN(CCNC(=O)COc1ccc2c(c1)C(=O)N(C1CCC(=O)NC1=O)C2=O)CCNC(=O)OC(C)(C)C. The third-order valence-corrected chi connectivity index (χ3v) is 5.76. The van der Waals surface area contributed by atoms with Crippen molar-refractivity contribution in [2.75, 3.05) is 39.8 Å². The maximum atomic E-state index is 12.9. The van der Waals surface area contributed by atoms with Gasteiger partial charge in [0.2, 0.25) is 11.8 Å². The highest BCUT2D eigenvalue weighted by Crippen LogP contribution is 2.30. The fraction of sp³-hybridized carbons (Fsp3) is 0.520. The van der Waals surface area contributed by atoms with E-state index in [0.717, 1.165) is 4.90 Å². The maximum absolute atomic E-state index is 12.9. The van der Waals surface area contributed by atoms with Gasteiger partial charge in [0, 0.05) is 32.6 Å². The first kappa shape index (κ1) is 28.6. The van der Waals surface area contributed by atoms with Crippen molar-refractivity contribution in [1.82, 2.24) is 25.8 Å². The van der Waals surface area contributed by atoms with Crippen LogP contribution in [0.25, 0.3) is 0 Å². The molecule has 6 amide bonds. The van der Waals surface area contributed by atoms with E-state index >= 15 is 0 Å². The van der Waals surface area contributed by atoms with Crippen molar-refractivity contribution >= 4 is 35.6 Å². The van der Waals surface area contributed by atoms with Crippen molar-refractivity contribution in [3.63, 3.8) is 0 Å². The van der Waals surface area contributed by atoms with Gasteiger partial charge in [-0.15, -0.1) is 0 Å². The van der Waals surface area contributed by atoms with Crippen LogP contribution in [0.1, 0.15) is 54.3 Å². The molecule has 1 aromatic carbocycles. The lowest BCUT2D eigenvalue weighted by Crippen LogP contribution is -2.54. The second-order valence-electron chi connectivity index (χ2n) is 10.0. The predicted octanol–water partition coefficient (Wildman–Crippen LogP) is 0.0393. The molecule has 3 rings (SSSR count). The summed E-state index contributed by atoms with van der Waals surface area (Å²) in [6.45, 7) is 6.89. The Kier molecular flexibility index (Phi) is 9.04. The molecule has 206 valence electrons. The molecule has 1 unspecified atom stereocenters. The number of hydrogen-bond acceptors (Lipinski definition) is 9. The summed E-state index contributed by atoms with van der Waals surface area (Å²) in [5.74, 6) is -2.56. The predicted molar refractivity (Wildman–Crippen MR) is 133 cm³/mol. The van der Waals surface area contributed by atoms with Gasteiger partial charge in [-0.3, -0.25) is 34.2 Å². The summed E-state index contributed by atoms with van der Waals surface area (Å²) in [4.78, 5) is 75.8. The second-order valence-corrected chi connectivity index (χ2v) is 10.0. The summed E-state index contributed by atoms with van der Waals surface area (Å²) in [5, 5.41) is 7.53. The Morgan fingerprint density at radius 1 is 1.05 bits per heavy atom. The fourth-order valence-corrected chi connectivity index (χ4v) is 3.90. The third kappa shape index (κ3) is 7.51. The third-order valence-electron chi connectivity index (χ3n) is 5.76. The van der Waals surface area contributed by atoms with E-state index in [9.17, 15) is 28.8 Å². The Morgan fingerprint density at radius 2 is 1.71 bits per heavy atom. The highest BCUT2D eigenvalue weighted by Gasteiger charge is 2.44. The zero-order valence-corrected chi connectivity index (χ0v) is 21.9. The number of nitrogens with one attached hydrogen (secondary N) is 3. The van der Waals surface area contributed by atoms with E-state index in [-0.39, 0.29) is 42.2 Å². The number of carbonyl (C=O) groups excluding carboxylic acids is 6. The van der Waals surface area contributed by atoms with Crippen LogP contribution in [0, 0.1) is 0 Å². The van der Waals surface area contributed by atoms with Crippen molar-refractivity contribution in [2.24, 2.45) is 0 Å². The van der Waals surface area contributed by atoms with Crippen LogP contribution >= 0.6 is 0 Å². The molecule has 13 nitrogen and oxygen atoms in total. The molecule has 1 fully saturated rings. The number of fused-ring (bicyclic) bond motifs is 1. The highest BCUT2D eigenvalue weighted by atomic mass is 16.6. The van der Waals surface area contributed by atoms with Crippen LogP contribution in [-0.4, -0.2) is 96.9 Å². The topological polar surface area (TPSA) is 163 Å². The molecule has 0 aliphatic carbocycles. The van der Waals surface area contributed by atoms with Gasteiger partial charge in [-0.25, -0.2) is 4.79 Å². The van der Waals surface area contributed by atoms with Gasteiger partial charge >= 0.3 is 6.09 Å². The molecule has 0 radical (unpaired) electrons. The van der Waals surface area contributed by atoms with Crippen molar-refractivity contribution in [3.05, 3.63) is 29.3 Å². The minimum atomic E-state index is -1.05. The van der Waals surface area contributed by atoms with Crippen LogP contribution in [0.2, 0.25) is 0 Å². The molecule has 0 aromatic heterocycles. The van der Waals surface area contributed by atoms with Gasteiger partial charge in [0.1, 0.15) is 17.4 Å². The Bertz CT molecular complexity index is 1130. The van der Waals surface area contributed by atoms with Crippen LogP contribution in [0.4, 0.5) is 4.79 Å². The summed E-state index contributed by atoms with van der Waals surface area (Å²) in [5.41, 5.74) is -0.370. The summed E-state index contributed by atoms with van der Waals surface area (Å²) < 4.78 is 10.7. The second kappa shape index (κ2) is 12.0. The average Bonchev–Trinajstić information content (AvgIpc) is 3.06. The molecule has 0 spiro atoms. The van der Waals surface area contributed by atoms with E-state index in [4.69, 9.17) is 9.47 Å². The minimum absolute atomic E-state index is 0.0338. The molecular weight excluding hydrogens is 498 g/mol. The molecule has 1 atom stereocenters. The Hall–Kier alpha value is -4.00. The van der Waals surface area contributed by atoms with Crippen LogP contribution < -0.4 is 20.7 Å². The number of benzene rings is 1. The molecule has 13 heteroatoms. The lowest BCUT2D eigenvalue weighted by molar-refractivity contribution is -0.136. The maximum Gasteiger partial charge on any atom is 0.407 e. The van der Waals surface area contributed by atoms with Crippen molar-refractivity contribution in [2.45, 2.75) is 45.3 Å². The first-order valence-electron chi connectivity index (χ1n) is 12.3. The number of carbonyl (C=O) groups is 6. The number of likely N-dealkylation sites (N-methyl/N-ethyl adjacent to an activating group) is 1. The zero-order valence-electron chi connectivity index (χ0n) is 21.9. The number of amides is 6. The van der Waals surface area contributed by atoms with Crippen LogP contribution in [0.5, 0.6) is 5.75 Å². The Labute approximate surface area is 220 Å². The number of hydrogen-bond donors (Lipinski definition) is 3. The zero-order chi connectivity index (χ0) is 28.0. The molecular formula is C25H33N5O8. The number of imide groups is 2. The van der Waals surface area contributed by atoms with E-state index in [1.165, 1.54) is 18.2 Å². The van der Waals surface area contributed by atoms with Crippen LogP contribution in [-0.2, 0) is 19.1 Å². The molecule has 1 aromatic rings.